The van der Waals surface area contributed by atoms with Gasteiger partial charge in [0, 0.05) is 12.6 Å². The molecule has 4 rings (SSSR count). The molecule has 1 heterocycles. The molecule has 0 amide bonds. The van der Waals surface area contributed by atoms with Crippen LogP contribution in [0.3, 0.4) is 0 Å². The Morgan fingerprint density at radius 2 is 1.72 bits per heavy atom. The smallest absolute Gasteiger partial charge is 0.247 e. The molecular formula is C22H26N4O2S. The van der Waals surface area contributed by atoms with Crippen molar-refractivity contribution in [2.75, 3.05) is 0 Å². The fraction of sp³-hybridized carbons (Fsp3) is 0.364. The van der Waals surface area contributed by atoms with Gasteiger partial charge in [-0.15, -0.1) is 5.10 Å². The molecule has 2 aromatic carbocycles. The van der Waals surface area contributed by atoms with Gasteiger partial charge in [-0.2, -0.15) is 4.31 Å². The van der Waals surface area contributed by atoms with E-state index in [1.807, 2.05) is 30.3 Å². The molecule has 1 saturated carbocycles. The van der Waals surface area contributed by atoms with E-state index in [0.29, 0.717) is 19.0 Å². The van der Waals surface area contributed by atoms with Gasteiger partial charge in [-0.05, 0) is 35.4 Å². The molecule has 152 valence electrons. The van der Waals surface area contributed by atoms with E-state index in [-0.39, 0.29) is 11.2 Å². The SMILES string of the molecule is CC(C)c1ccc(Cn2cnc(S(=O)(=O)N(Cc3ccccc3)C3CC3)n2)cc1. The summed E-state index contributed by atoms with van der Waals surface area (Å²) in [5.74, 6) is 0.477. The topological polar surface area (TPSA) is 68.1 Å². The molecular weight excluding hydrogens is 384 g/mol. The summed E-state index contributed by atoms with van der Waals surface area (Å²) in [6, 6.07) is 18.0. The first-order valence-electron chi connectivity index (χ1n) is 9.97. The zero-order chi connectivity index (χ0) is 20.4. The summed E-state index contributed by atoms with van der Waals surface area (Å²) in [7, 11) is -3.74. The molecule has 1 aromatic heterocycles. The Morgan fingerprint density at radius 3 is 2.34 bits per heavy atom. The summed E-state index contributed by atoms with van der Waals surface area (Å²) in [6.07, 6.45) is 3.26. The van der Waals surface area contributed by atoms with Crippen molar-refractivity contribution in [1.82, 2.24) is 19.1 Å². The lowest BCUT2D eigenvalue weighted by atomic mass is 10.0. The normalized spacial score (nSPS) is 14.6. The van der Waals surface area contributed by atoms with Gasteiger partial charge in [-0.25, -0.2) is 18.1 Å². The van der Waals surface area contributed by atoms with E-state index >= 15 is 0 Å². The summed E-state index contributed by atoms with van der Waals surface area (Å²) in [6.45, 7) is 5.15. The largest absolute Gasteiger partial charge is 0.282 e. The molecule has 3 aromatic rings. The van der Waals surface area contributed by atoms with Crippen LogP contribution in [0.25, 0.3) is 0 Å². The average Bonchev–Trinajstić information content (AvgIpc) is 3.44. The van der Waals surface area contributed by atoms with Gasteiger partial charge in [-0.1, -0.05) is 68.4 Å². The van der Waals surface area contributed by atoms with Crippen molar-refractivity contribution in [1.29, 1.82) is 0 Å². The lowest BCUT2D eigenvalue weighted by molar-refractivity contribution is 0.394. The molecule has 1 fully saturated rings. The van der Waals surface area contributed by atoms with Crippen molar-refractivity contribution in [3.05, 3.63) is 77.6 Å². The molecule has 0 unspecified atom stereocenters. The second-order valence-electron chi connectivity index (χ2n) is 7.89. The van der Waals surface area contributed by atoms with E-state index in [1.165, 1.54) is 11.9 Å². The highest BCUT2D eigenvalue weighted by atomic mass is 32.2. The van der Waals surface area contributed by atoms with Gasteiger partial charge in [0.2, 0.25) is 0 Å². The van der Waals surface area contributed by atoms with Gasteiger partial charge in [0.15, 0.2) is 0 Å². The Morgan fingerprint density at radius 1 is 1.03 bits per heavy atom. The van der Waals surface area contributed by atoms with Gasteiger partial charge in [-0.3, -0.25) is 0 Å². The number of hydrogen-bond acceptors (Lipinski definition) is 4. The summed E-state index contributed by atoms with van der Waals surface area (Å²) in [5, 5.41) is 4.16. The summed E-state index contributed by atoms with van der Waals surface area (Å²) in [5.41, 5.74) is 3.30. The Kier molecular flexibility index (Phi) is 5.52. The molecule has 0 atom stereocenters. The highest BCUT2D eigenvalue weighted by Crippen LogP contribution is 2.32. The zero-order valence-corrected chi connectivity index (χ0v) is 17.6. The molecule has 1 aliphatic rings. The fourth-order valence-electron chi connectivity index (χ4n) is 3.31. The van der Waals surface area contributed by atoms with Gasteiger partial charge < -0.3 is 0 Å². The highest BCUT2D eigenvalue weighted by Gasteiger charge is 2.40. The van der Waals surface area contributed by atoms with Crippen molar-refractivity contribution in [2.45, 2.75) is 56.9 Å². The minimum Gasteiger partial charge on any atom is -0.247 e. The second kappa shape index (κ2) is 8.08. The van der Waals surface area contributed by atoms with Crippen LogP contribution in [0.15, 0.2) is 66.1 Å². The highest BCUT2D eigenvalue weighted by molar-refractivity contribution is 7.89. The number of nitrogens with zero attached hydrogens (tertiary/aromatic N) is 4. The van der Waals surface area contributed by atoms with E-state index in [2.05, 4.69) is 48.2 Å². The first-order valence-corrected chi connectivity index (χ1v) is 11.4. The summed E-state index contributed by atoms with van der Waals surface area (Å²) in [4.78, 5) is 4.12. The Balaban J connectivity index is 1.52. The molecule has 7 heteroatoms. The monoisotopic (exact) mass is 410 g/mol. The van der Waals surface area contributed by atoms with Crippen molar-refractivity contribution in [3.8, 4) is 0 Å². The van der Waals surface area contributed by atoms with Crippen molar-refractivity contribution >= 4 is 10.0 Å². The third kappa shape index (κ3) is 4.57. The van der Waals surface area contributed by atoms with Crippen molar-refractivity contribution < 1.29 is 8.42 Å². The minimum atomic E-state index is -3.74. The predicted molar refractivity (Wildman–Crippen MR) is 112 cm³/mol. The second-order valence-corrected chi connectivity index (χ2v) is 9.67. The van der Waals surface area contributed by atoms with E-state index in [0.717, 1.165) is 24.0 Å². The van der Waals surface area contributed by atoms with Crippen LogP contribution in [0, 0.1) is 0 Å². The predicted octanol–water partition coefficient (Wildman–Crippen LogP) is 3.80. The summed E-state index contributed by atoms with van der Waals surface area (Å²) < 4.78 is 29.5. The molecule has 0 aliphatic heterocycles. The molecule has 1 aliphatic carbocycles. The van der Waals surface area contributed by atoms with Gasteiger partial charge in [0.25, 0.3) is 15.2 Å². The quantitative estimate of drug-likeness (QED) is 0.566. The summed E-state index contributed by atoms with van der Waals surface area (Å²) >= 11 is 0. The van der Waals surface area contributed by atoms with Crippen LogP contribution in [0.1, 0.15) is 49.3 Å². The van der Waals surface area contributed by atoms with Gasteiger partial charge in [0.1, 0.15) is 6.33 Å². The molecule has 29 heavy (non-hydrogen) atoms. The molecule has 0 spiro atoms. The maximum atomic E-state index is 13.2. The number of benzene rings is 2. The molecule has 6 nitrogen and oxygen atoms in total. The maximum absolute atomic E-state index is 13.2. The van der Waals surface area contributed by atoms with Crippen LogP contribution in [0.5, 0.6) is 0 Å². The van der Waals surface area contributed by atoms with E-state index in [1.54, 1.807) is 8.99 Å². The van der Waals surface area contributed by atoms with E-state index < -0.39 is 10.0 Å². The maximum Gasteiger partial charge on any atom is 0.282 e. The molecule has 0 saturated heterocycles. The van der Waals surface area contributed by atoms with Crippen LogP contribution >= 0.6 is 0 Å². The standard InChI is InChI=1S/C22H26N4O2S/c1-17(2)20-10-8-19(9-11-20)14-25-16-23-22(24-25)29(27,28)26(21-12-13-21)15-18-6-4-3-5-7-18/h3-11,16-17,21H,12-15H2,1-2H3. The van der Waals surface area contributed by atoms with Gasteiger partial charge in [0.05, 0.1) is 6.54 Å². The minimum absolute atomic E-state index is 0.0377. The number of aromatic nitrogens is 3. The van der Waals surface area contributed by atoms with Crippen LogP contribution in [-0.2, 0) is 23.1 Å². The van der Waals surface area contributed by atoms with Crippen molar-refractivity contribution in [3.63, 3.8) is 0 Å². The van der Waals surface area contributed by atoms with Gasteiger partial charge >= 0.3 is 0 Å². The van der Waals surface area contributed by atoms with Crippen LogP contribution in [-0.4, -0.2) is 33.5 Å². The third-order valence-electron chi connectivity index (χ3n) is 5.18. The molecule has 0 radical (unpaired) electrons. The first-order chi connectivity index (χ1) is 13.9. The van der Waals surface area contributed by atoms with Crippen molar-refractivity contribution in [2.24, 2.45) is 0 Å². The Bertz CT molecular complexity index is 1060. The van der Waals surface area contributed by atoms with Crippen LogP contribution < -0.4 is 0 Å². The number of sulfonamides is 1. The number of hydrogen-bond donors (Lipinski definition) is 0. The molecule has 0 bridgehead atoms. The first kappa shape index (κ1) is 19.8. The average molecular weight is 411 g/mol. The van der Waals surface area contributed by atoms with Crippen LogP contribution in [0.2, 0.25) is 0 Å². The fourth-order valence-corrected chi connectivity index (χ4v) is 4.83. The zero-order valence-electron chi connectivity index (χ0n) is 16.8. The van der Waals surface area contributed by atoms with E-state index in [4.69, 9.17) is 0 Å². The lowest BCUT2D eigenvalue weighted by Gasteiger charge is -2.20. The van der Waals surface area contributed by atoms with E-state index in [9.17, 15) is 8.42 Å². The Labute approximate surface area is 172 Å². The third-order valence-corrected chi connectivity index (χ3v) is 6.87. The van der Waals surface area contributed by atoms with Crippen LogP contribution in [0.4, 0.5) is 0 Å². The lowest BCUT2D eigenvalue weighted by Crippen LogP contribution is -2.33. The number of rotatable bonds is 8. The Hall–Kier alpha value is -2.51. The molecule has 0 N–H and O–H groups in total.